The minimum Gasteiger partial charge on any atom is -0.436 e. The first kappa shape index (κ1) is 14.9. The van der Waals surface area contributed by atoms with Crippen LogP contribution in [0, 0.1) is 0 Å². The Balaban J connectivity index is 2.01. The minimum atomic E-state index is -4.68. The van der Waals surface area contributed by atoms with Gasteiger partial charge in [-0.05, 0) is 24.3 Å². The number of ether oxygens (including phenoxy) is 1. The average Bonchev–Trinajstić information content (AvgIpc) is 2.85. The number of benzene rings is 1. The van der Waals surface area contributed by atoms with Crippen molar-refractivity contribution in [1.82, 2.24) is 19.8 Å². The number of aromatic nitrogens is 4. The molecule has 3 aromatic rings. The Morgan fingerprint density at radius 1 is 1.05 bits per heavy atom. The van der Waals surface area contributed by atoms with Crippen molar-refractivity contribution < 1.29 is 17.9 Å². The summed E-state index contributed by atoms with van der Waals surface area (Å²) in [6.45, 7) is 0. The van der Waals surface area contributed by atoms with E-state index in [0.717, 1.165) is 0 Å². The van der Waals surface area contributed by atoms with E-state index in [1.54, 1.807) is 0 Å². The van der Waals surface area contributed by atoms with Gasteiger partial charge < -0.3 is 4.74 Å². The highest BCUT2D eigenvalue weighted by molar-refractivity contribution is 6.35. The zero-order chi connectivity index (χ0) is 15.9. The van der Waals surface area contributed by atoms with E-state index in [4.69, 9.17) is 27.9 Å². The van der Waals surface area contributed by atoms with Crippen molar-refractivity contribution in [2.45, 2.75) is 6.18 Å². The summed E-state index contributed by atoms with van der Waals surface area (Å²) in [6, 6.07) is 7.11. The van der Waals surface area contributed by atoms with E-state index >= 15 is 0 Å². The molecule has 114 valence electrons. The Hall–Kier alpha value is -2.06. The van der Waals surface area contributed by atoms with Gasteiger partial charge in [0, 0.05) is 11.1 Å². The second-order valence-electron chi connectivity index (χ2n) is 4.14. The molecule has 0 bridgehead atoms. The first-order valence-corrected chi connectivity index (χ1v) is 6.53. The first-order valence-electron chi connectivity index (χ1n) is 5.77. The molecule has 0 unspecified atom stereocenters. The molecule has 0 aliphatic carbocycles. The van der Waals surface area contributed by atoms with Crippen molar-refractivity contribution in [2.75, 3.05) is 0 Å². The van der Waals surface area contributed by atoms with Crippen LogP contribution in [0.15, 0.2) is 30.3 Å². The number of nitrogens with zero attached hydrogens (tertiary/aromatic N) is 4. The fraction of sp³-hybridized carbons (Fsp3) is 0.0833. The zero-order valence-corrected chi connectivity index (χ0v) is 12.0. The SMILES string of the molecule is FC(F)(F)c1nnc2ccc(Oc3ccc(Cl)cc3Cl)nn12. The van der Waals surface area contributed by atoms with E-state index in [1.807, 2.05) is 0 Å². The van der Waals surface area contributed by atoms with Crippen LogP contribution < -0.4 is 4.74 Å². The molecule has 1 aromatic carbocycles. The molecule has 0 N–H and O–H groups in total. The van der Waals surface area contributed by atoms with Gasteiger partial charge in [0.05, 0.1) is 5.02 Å². The maximum Gasteiger partial charge on any atom is 0.453 e. The summed E-state index contributed by atoms with van der Waals surface area (Å²) in [5, 5.41) is 10.8. The van der Waals surface area contributed by atoms with Gasteiger partial charge in [-0.25, -0.2) is 0 Å². The van der Waals surface area contributed by atoms with E-state index in [9.17, 15) is 13.2 Å². The topological polar surface area (TPSA) is 52.3 Å². The Morgan fingerprint density at radius 2 is 1.82 bits per heavy atom. The molecule has 3 rings (SSSR count). The highest BCUT2D eigenvalue weighted by Gasteiger charge is 2.37. The smallest absolute Gasteiger partial charge is 0.436 e. The fourth-order valence-corrected chi connectivity index (χ4v) is 2.12. The molecule has 0 saturated carbocycles. The van der Waals surface area contributed by atoms with Gasteiger partial charge in [-0.15, -0.1) is 15.3 Å². The lowest BCUT2D eigenvalue weighted by atomic mass is 10.3. The van der Waals surface area contributed by atoms with Gasteiger partial charge in [-0.3, -0.25) is 0 Å². The molecule has 0 fully saturated rings. The summed E-state index contributed by atoms with van der Waals surface area (Å²) in [5.74, 6) is -1.13. The standard InChI is InChI=1S/C12H5Cl2F3N4O/c13-6-1-2-8(7(14)5-6)22-10-4-3-9-18-19-11(12(15,16)17)21(9)20-10/h1-5H. The van der Waals surface area contributed by atoms with Gasteiger partial charge in [0.25, 0.3) is 5.82 Å². The normalized spacial score (nSPS) is 11.9. The van der Waals surface area contributed by atoms with Crippen molar-refractivity contribution in [1.29, 1.82) is 0 Å². The van der Waals surface area contributed by atoms with Crippen molar-refractivity contribution in [2.24, 2.45) is 0 Å². The largest absolute Gasteiger partial charge is 0.453 e. The van der Waals surface area contributed by atoms with Crippen molar-refractivity contribution >= 4 is 28.8 Å². The third kappa shape index (κ3) is 2.79. The van der Waals surface area contributed by atoms with E-state index in [0.29, 0.717) is 9.54 Å². The van der Waals surface area contributed by atoms with Crippen LogP contribution in [0.3, 0.4) is 0 Å². The van der Waals surface area contributed by atoms with E-state index < -0.39 is 12.0 Å². The van der Waals surface area contributed by atoms with Crippen LogP contribution in [0.25, 0.3) is 5.65 Å². The quantitative estimate of drug-likeness (QED) is 0.694. The summed E-state index contributed by atoms with van der Waals surface area (Å²) >= 11 is 11.7. The Kier molecular flexibility index (Phi) is 3.57. The van der Waals surface area contributed by atoms with Gasteiger partial charge in [-0.2, -0.15) is 17.7 Å². The van der Waals surface area contributed by atoms with E-state index in [-0.39, 0.29) is 22.3 Å². The third-order valence-corrected chi connectivity index (χ3v) is 3.13. The predicted octanol–water partition coefficient (Wildman–Crippen LogP) is 4.24. The first-order chi connectivity index (χ1) is 10.3. The van der Waals surface area contributed by atoms with Crippen molar-refractivity contribution in [3.8, 4) is 11.6 Å². The second-order valence-corrected chi connectivity index (χ2v) is 4.98. The molecule has 10 heteroatoms. The molecule has 2 aromatic heterocycles. The van der Waals surface area contributed by atoms with Crippen LogP contribution in [-0.2, 0) is 6.18 Å². The lowest BCUT2D eigenvalue weighted by Gasteiger charge is -2.08. The Labute approximate surface area is 131 Å². The number of hydrogen-bond acceptors (Lipinski definition) is 4. The van der Waals surface area contributed by atoms with Gasteiger partial charge in [0.1, 0.15) is 5.75 Å². The molecule has 0 aliphatic heterocycles. The third-order valence-electron chi connectivity index (χ3n) is 2.60. The van der Waals surface area contributed by atoms with Crippen LogP contribution in [0.4, 0.5) is 13.2 Å². The zero-order valence-electron chi connectivity index (χ0n) is 10.5. The number of fused-ring (bicyclic) bond motifs is 1. The molecule has 5 nitrogen and oxygen atoms in total. The molecule has 22 heavy (non-hydrogen) atoms. The monoisotopic (exact) mass is 348 g/mol. The maximum atomic E-state index is 12.8. The number of alkyl halides is 3. The molecule has 0 saturated heterocycles. The van der Waals surface area contributed by atoms with E-state index in [2.05, 4.69) is 15.3 Å². The van der Waals surface area contributed by atoms with Crippen LogP contribution >= 0.6 is 23.2 Å². The lowest BCUT2D eigenvalue weighted by Crippen LogP contribution is -2.12. The lowest BCUT2D eigenvalue weighted by molar-refractivity contribution is -0.146. The van der Waals surface area contributed by atoms with Crippen LogP contribution in [0.1, 0.15) is 5.82 Å². The second kappa shape index (κ2) is 5.29. The number of rotatable bonds is 2. The number of halogens is 5. The minimum absolute atomic E-state index is 0.0538. The highest BCUT2D eigenvalue weighted by atomic mass is 35.5. The molecule has 0 radical (unpaired) electrons. The van der Waals surface area contributed by atoms with Gasteiger partial charge in [0.15, 0.2) is 5.65 Å². The number of hydrogen-bond donors (Lipinski definition) is 0. The summed E-state index contributed by atoms with van der Waals surface area (Å²) in [5.41, 5.74) is -0.0538. The van der Waals surface area contributed by atoms with Gasteiger partial charge >= 0.3 is 6.18 Å². The van der Waals surface area contributed by atoms with Crippen molar-refractivity contribution in [3.05, 3.63) is 46.2 Å². The molecular weight excluding hydrogens is 344 g/mol. The van der Waals surface area contributed by atoms with Gasteiger partial charge in [-0.1, -0.05) is 23.2 Å². The average molecular weight is 349 g/mol. The van der Waals surface area contributed by atoms with Crippen LogP contribution in [-0.4, -0.2) is 19.8 Å². The molecule has 0 atom stereocenters. The maximum absolute atomic E-state index is 12.8. The predicted molar refractivity (Wildman–Crippen MR) is 72.3 cm³/mol. The summed E-state index contributed by atoms with van der Waals surface area (Å²) in [6.07, 6.45) is -4.68. The summed E-state index contributed by atoms with van der Waals surface area (Å²) < 4.78 is 44.3. The fourth-order valence-electron chi connectivity index (χ4n) is 1.67. The highest BCUT2D eigenvalue weighted by Crippen LogP contribution is 2.32. The van der Waals surface area contributed by atoms with Crippen LogP contribution in [0.2, 0.25) is 10.0 Å². The molecule has 0 aliphatic rings. The molecular formula is C12H5Cl2F3N4O. The van der Waals surface area contributed by atoms with Crippen molar-refractivity contribution in [3.63, 3.8) is 0 Å². The molecule has 0 amide bonds. The molecule has 0 spiro atoms. The summed E-state index contributed by atoms with van der Waals surface area (Å²) in [4.78, 5) is 0. The molecule has 2 heterocycles. The Morgan fingerprint density at radius 3 is 2.50 bits per heavy atom. The van der Waals surface area contributed by atoms with E-state index in [1.165, 1.54) is 30.3 Å². The Bertz CT molecular complexity index is 850. The van der Waals surface area contributed by atoms with Gasteiger partial charge in [0.2, 0.25) is 5.88 Å². The van der Waals surface area contributed by atoms with Crippen LogP contribution in [0.5, 0.6) is 11.6 Å². The summed E-state index contributed by atoms with van der Waals surface area (Å²) in [7, 11) is 0.